The van der Waals surface area contributed by atoms with Crippen LogP contribution < -0.4 is 9.62 Å². The van der Waals surface area contributed by atoms with Crippen molar-refractivity contribution in [2.45, 2.75) is 0 Å². The lowest BCUT2D eigenvalue weighted by Gasteiger charge is -2.22. The number of nitrogens with zero attached hydrogens (tertiary/aromatic N) is 1. The molecule has 1 amide bonds. The lowest BCUT2D eigenvalue weighted by Crippen LogP contribution is -2.37. The Hall–Kier alpha value is -1.57. The van der Waals surface area contributed by atoms with E-state index in [1.807, 2.05) is 0 Å². The highest BCUT2D eigenvalue weighted by Crippen LogP contribution is 2.22. The molecule has 0 fully saturated rings. The normalized spacial score (nSPS) is 11.1. The molecule has 0 aliphatic heterocycles. The van der Waals surface area contributed by atoms with Crippen molar-refractivity contribution < 1.29 is 13.2 Å². The third kappa shape index (κ3) is 4.95. The van der Waals surface area contributed by atoms with E-state index in [1.165, 1.54) is 0 Å². The van der Waals surface area contributed by atoms with Crippen LogP contribution >= 0.6 is 27.5 Å². The molecule has 1 N–H and O–H groups in total. The van der Waals surface area contributed by atoms with Gasteiger partial charge in [-0.25, -0.2) is 8.42 Å². The SMILES string of the molecule is CS(=O)(=O)N(CC(=O)Nc1ccccc1Cl)c1ccc(Br)cc1. The quantitative estimate of drug-likeness (QED) is 0.809. The molecule has 2 aromatic carbocycles. The summed E-state index contributed by atoms with van der Waals surface area (Å²) >= 11 is 9.26. The Morgan fingerprint density at radius 1 is 1.17 bits per heavy atom. The van der Waals surface area contributed by atoms with Crippen LogP contribution in [0.15, 0.2) is 53.0 Å². The zero-order valence-corrected chi connectivity index (χ0v) is 15.3. The molecule has 0 bridgehead atoms. The van der Waals surface area contributed by atoms with E-state index < -0.39 is 15.9 Å². The summed E-state index contributed by atoms with van der Waals surface area (Å²) in [5.41, 5.74) is 0.841. The first kappa shape index (κ1) is 17.8. The van der Waals surface area contributed by atoms with E-state index in [9.17, 15) is 13.2 Å². The molecule has 0 saturated carbocycles. The molecule has 0 aromatic heterocycles. The first-order valence-corrected chi connectivity index (χ1v) is 9.57. The highest BCUT2D eigenvalue weighted by atomic mass is 79.9. The standard InChI is InChI=1S/C15H14BrClN2O3S/c1-23(21,22)19(12-8-6-11(16)7-9-12)10-15(20)18-14-5-3-2-4-13(14)17/h2-9H,10H2,1H3,(H,18,20). The number of rotatable bonds is 5. The van der Waals surface area contributed by atoms with Gasteiger partial charge >= 0.3 is 0 Å². The minimum Gasteiger partial charge on any atom is -0.323 e. The molecule has 8 heteroatoms. The molecule has 0 radical (unpaired) electrons. The van der Waals surface area contributed by atoms with Crippen LogP contribution in [-0.2, 0) is 14.8 Å². The average molecular weight is 418 g/mol. The Bertz CT molecular complexity index is 810. The fourth-order valence-corrected chi connectivity index (χ4v) is 3.19. The molecule has 0 atom stereocenters. The van der Waals surface area contributed by atoms with Crippen molar-refractivity contribution >= 4 is 54.8 Å². The van der Waals surface area contributed by atoms with E-state index in [0.717, 1.165) is 15.0 Å². The number of hydrogen-bond donors (Lipinski definition) is 1. The summed E-state index contributed by atoms with van der Waals surface area (Å²) in [6, 6.07) is 13.4. The van der Waals surface area contributed by atoms with Gasteiger partial charge in [-0.05, 0) is 36.4 Å². The van der Waals surface area contributed by atoms with Crippen molar-refractivity contribution in [2.24, 2.45) is 0 Å². The number of carbonyl (C=O) groups excluding carboxylic acids is 1. The number of carbonyl (C=O) groups is 1. The number of halogens is 2. The molecule has 0 heterocycles. The molecule has 0 aliphatic rings. The van der Waals surface area contributed by atoms with Crippen molar-refractivity contribution in [3.63, 3.8) is 0 Å². The average Bonchev–Trinajstić information content (AvgIpc) is 2.47. The molecule has 0 aliphatic carbocycles. The molecule has 2 rings (SSSR count). The van der Waals surface area contributed by atoms with Gasteiger partial charge in [-0.2, -0.15) is 0 Å². The zero-order chi connectivity index (χ0) is 17.0. The van der Waals surface area contributed by atoms with Crippen molar-refractivity contribution in [3.8, 4) is 0 Å². The summed E-state index contributed by atoms with van der Waals surface area (Å²) in [6.07, 6.45) is 1.05. The first-order valence-electron chi connectivity index (χ1n) is 6.55. The zero-order valence-electron chi connectivity index (χ0n) is 12.2. The Morgan fingerprint density at radius 3 is 2.35 bits per heavy atom. The van der Waals surface area contributed by atoms with E-state index in [0.29, 0.717) is 16.4 Å². The van der Waals surface area contributed by atoms with Crippen LogP contribution in [0, 0.1) is 0 Å². The summed E-state index contributed by atoms with van der Waals surface area (Å²) in [4.78, 5) is 12.2. The minimum atomic E-state index is -3.60. The number of anilines is 2. The van der Waals surface area contributed by atoms with E-state index in [-0.39, 0.29) is 6.54 Å². The molecule has 2 aromatic rings. The Labute approximate surface area is 148 Å². The van der Waals surface area contributed by atoms with E-state index >= 15 is 0 Å². The van der Waals surface area contributed by atoms with Gasteiger partial charge in [-0.3, -0.25) is 9.10 Å². The number of sulfonamides is 1. The topological polar surface area (TPSA) is 66.5 Å². The summed E-state index contributed by atoms with van der Waals surface area (Å²) in [5, 5.41) is 2.99. The lowest BCUT2D eigenvalue weighted by molar-refractivity contribution is -0.114. The Morgan fingerprint density at radius 2 is 1.78 bits per heavy atom. The molecule has 122 valence electrons. The molecule has 5 nitrogen and oxygen atoms in total. The highest BCUT2D eigenvalue weighted by Gasteiger charge is 2.21. The third-order valence-electron chi connectivity index (χ3n) is 2.95. The maximum atomic E-state index is 12.2. The second-order valence-corrected chi connectivity index (χ2v) is 8.00. The van der Waals surface area contributed by atoms with Gasteiger partial charge in [0, 0.05) is 4.47 Å². The summed E-state index contributed by atoms with van der Waals surface area (Å²) < 4.78 is 25.8. The van der Waals surface area contributed by atoms with Gasteiger partial charge in [-0.15, -0.1) is 0 Å². The van der Waals surface area contributed by atoms with Crippen LogP contribution in [-0.4, -0.2) is 27.1 Å². The van der Waals surface area contributed by atoms with E-state index in [2.05, 4.69) is 21.2 Å². The minimum absolute atomic E-state index is 0.342. The molecular weight excluding hydrogens is 404 g/mol. The van der Waals surface area contributed by atoms with Gasteiger partial charge in [0.25, 0.3) is 0 Å². The highest BCUT2D eigenvalue weighted by molar-refractivity contribution is 9.10. The van der Waals surface area contributed by atoms with Crippen LogP contribution in [0.2, 0.25) is 5.02 Å². The smallest absolute Gasteiger partial charge is 0.245 e. The van der Waals surface area contributed by atoms with Crippen molar-refractivity contribution in [2.75, 3.05) is 22.4 Å². The molecule has 23 heavy (non-hydrogen) atoms. The third-order valence-corrected chi connectivity index (χ3v) is 4.95. The predicted molar refractivity (Wildman–Crippen MR) is 96.4 cm³/mol. The summed E-state index contributed by atoms with van der Waals surface area (Å²) in [7, 11) is -3.60. The number of benzene rings is 2. The van der Waals surface area contributed by atoms with Crippen molar-refractivity contribution in [3.05, 3.63) is 58.0 Å². The molecular formula is C15H14BrClN2O3S. The van der Waals surface area contributed by atoms with Gasteiger partial charge in [0.2, 0.25) is 15.9 Å². The van der Waals surface area contributed by atoms with Gasteiger partial charge in [0.1, 0.15) is 6.54 Å². The van der Waals surface area contributed by atoms with Gasteiger partial charge in [0.05, 0.1) is 22.7 Å². The maximum absolute atomic E-state index is 12.2. The Balaban J connectivity index is 2.20. The molecule has 0 unspecified atom stereocenters. The maximum Gasteiger partial charge on any atom is 0.245 e. The summed E-state index contributed by atoms with van der Waals surface area (Å²) in [5.74, 6) is -0.480. The van der Waals surface area contributed by atoms with Gasteiger partial charge in [-0.1, -0.05) is 39.7 Å². The number of para-hydroxylation sites is 1. The van der Waals surface area contributed by atoms with Gasteiger partial charge < -0.3 is 5.32 Å². The van der Waals surface area contributed by atoms with E-state index in [1.54, 1.807) is 48.5 Å². The first-order chi connectivity index (χ1) is 10.8. The fraction of sp³-hybridized carbons (Fsp3) is 0.133. The number of hydrogen-bond acceptors (Lipinski definition) is 3. The largest absolute Gasteiger partial charge is 0.323 e. The van der Waals surface area contributed by atoms with E-state index in [4.69, 9.17) is 11.6 Å². The van der Waals surface area contributed by atoms with Crippen LogP contribution in [0.4, 0.5) is 11.4 Å². The van der Waals surface area contributed by atoms with Gasteiger partial charge in [0.15, 0.2) is 0 Å². The fourth-order valence-electron chi connectivity index (χ4n) is 1.89. The predicted octanol–water partition coefficient (Wildman–Crippen LogP) is 3.51. The molecule has 0 spiro atoms. The van der Waals surface area contributed by atoms with Crippen LogP contribution in [0.5, 0.6) is 0 Å². The van der Waals surface area contributed by atoms with Crippen molar-refractivity contribution in [1.29, 1.82) is 0 Å². The summed E-state index contributed by atoms with van der Waals surface area (Å²) in [6.45, 7) is -0.342. The second kappa shape index (κ2) is 7.33. The molecule has 0 saturated heterocycles. The second-order valence-electron chi connectivity index (χ2n) is 4.77. The number of amides is 1. The van der Waals surface area contributed by atoms with Crippen LogP contribution in [0.1, 0.15) is 0 Å². The van der Waals surface area contributed by atoms with Crippen LogP contribution in [0.3, 0.4) is 0 Å². The monoisotopic (exact) mass is 416 g/mol. The number of nitrogens with one attached hydrogen (secondary N) is 1. The van der Waals surface area contributed by atoms with Crippen molar-refractivity contribution in [1.82, 2.24) is 0 Å². The lowest BCUT2D eigenvalue weighted by atomic mass is 10.3. The van der Waals surface area contributed by atoms with Crippen LogP contribution in [0.25, 0.3) is 0 Å². The Kier molecular flexibility index (Phi) is 5.67.